The van der Waals surface area contributed by atoms with E-state index in [2.05, 4.69) is 5.10 Å². The number of hydrogen-bond acceptors (Lipinski definition) is 7. The van der Waals surface area contributed by atoms with Crippen molar-refractivity contribution in [1.29, 1.82) is 0 Å². The lowest BCUT2D eigenvalue weighted by Crippen LogP contribution is -2.44. The molecule has 1 aliphatic rings. The molecule has 0 saturated carbocycles. The maximum absolute atomic E-state index is 11.9. The molecule has 1 aromatic heterocycles. The Morgan fingerprint density at radius 2 is 2.24 bits per heavy atom. The minimum absolute atomic E-state index is 0.106. The number of rotatable bonds is 5. The minimum Gasteiger partial charge on any atom is -0.373 e. The minimum atomic E-state index is -3.71. The molecule has 0 radical (unpaired) electrons. The number of morpholine rings is 1. The molecule has 1 aliphatic heterocycles. The van der Waals surface area contributed by atoms with Gasteiger partial charge in [0.2, 0.25) is 0 Å². The largest absolute Gasteiger partial charge is 0.373 e. The zero-order valence-electron chi connectivity index (χ0n) is 13.6. The molecule has 0 N–H and O–H groups in total. The molecule has 3 rings (SSSR count). The molecule has 0 spiro atoms. The number of hydrogen-bond donors (Lipinski definition) is 0. The lowest BCUT2D eigenvalue weighted by Gasteiger charge is -2.34. The van der Waals surface area contributed by atoms with E-state index >= 15 is 0 Å². The van der Waals surface area contributed by atoms with E-state index in [1.54, 1.807) is 16.9 Å². The van der Waals surface area contributed by atoms with Gasteiger partial charge in [-0.3, -0.25) is 14.8 Å². The van der Waals surface area contributed by atoms with Crippen LogP contribution in [0.4, 0.5) is 11.4 Å². The first-order valence-corrected chi connectivity index (χ1v) is 9.56. The predicted molar refractivity (Wildman–Crippen MR) is 90.4 cm³/mol. The summed E-state index contributed by atoms with van der Waals surface area (Å²) >= 11 is 0. The summed E-state index contributed by atoms with van der Waals surface area (Å²) in [4.78, 5) is 12.1. The van der Waals surface area contributed by atoms with E-state index in [0.717, 1.165) is 6.26 Å². The average Bonchev–Trinajstić information content (AvgIpc) is 3.06. The van der Waals surface area contributed by atoms with Gasteiger partial charge in [0.15, 0.2) is 9.84 Å². The van der Waals surface area contributed by atoms with Crippen molar-refractivity contribution in [1.82, 2.24) is 9.78 Å². The summed E-state index contributed by atoms with van der Waals surface area (Å²) in [6.45, 7) is 2.18. The molecule has 0 bridgehead atoms. The van der Waals surface area contributed by atoms with Crippen molar-refractivity contribution in [3.63, 3.8) is 0 Å². The number of nitro groups is 1. The quantitative estimate of drug-likeness (QED) is 0.576. The molecule has 1 aromatic carbocycles. The highest BCUT2D eigenvalue weighted by molar-refractivity contribution is 7.90. The van der Waals surface area contributed by atoms with E-state index < -0.39 is 20.4 Å². The fourth-order valence-corrected chi connectivity index (χ4v) is 3.69. The second-order valence-electron chi connectivity index (χ2n) is 5.85. The van der Waals surface area contributed by atoms with Gasteiger partial charge in [0, 0.05) is 43.5 Å². The Morgan fingerprint density at radius 1 is 1.44 bits per heavy atom. The van der Waals surface area contributed by atoms with E-state index in [9.17, 15) is 18.5 Å². The van der Waals surface area contributed by atoms with Crippen molar-refractivity contribution in [2.45, 2.75) is 17.5 Å². The fourth-order valence-electron chi connectivity index (χ4n) is 2.83. The first kappa shape index (κ1) is 17.4. The third kappa shape index (κ3) is 3.97. The third-order valence-electron chi connectivity index (χ3n) is 3.99. The van der Waals surface area contributed by atoms with Crippen LogP contribution in [0.2, 0.25) is 0 Å². The van der Waals surface area contributed by atoms with Crippen LogP contribution in [0.15, 0.2) is 41.6 Å². The van der Waals surface area contributed by atoms with Crippen LogP contribution in [0.25, 0.3) is 0 Å². The van der Waals surface area contributed by atoms with E-state index in [0.29, 0.717) is 31.9 Å². The number of nitrogens with zero attached hydrogens (tertiary/aromatic N) is 4. The van der Waals surface area contributed by atoms with Gasteiger partial charge in [0.25, 0.3) is 5.69 Å². The Bertz CT molecular complexity index is 866. The molecule has 0 aliphatic carbocycles. The number of nitro benzene ring substituents is 1. The summed E-state index contributed by atoms with van der Waals surface area (Å²) in [5, 5.41) is 15.2. The Labute approximate surface area is 144 Å². The van der Waals surface area contributed by atoms with Gasteiger partial charge in [0.1, 0.15) is 4.90 Å². The van der Waals surface area contributed by atoms with Crippen molar-refractivity contribution >= 4 is 21.2 Å². The second kappa shape index (κ2) is 6.81. The summed E-state index contributed by atoms with van der Waals surface area (Å²) in [7, 11) is -3.71. The van der Waals surface area contributed by atoms with Crippen molar-refractivity contribution < 1.29 is 18.1 Å². The maximum Gasteiger partial charge on any atom is 0.288 e. The Morgan fingerprint density at radius 3 is 2.88 bits per heavy atom. The molecule has 1 saturated heterocycles. The van der Waals surface area contributed by atoms with Gasteiger partial charge < -0.3 is 9.64 Å². The van der Waals surface area contributed by atoms with E-state index in [-0.39, 0.29) is 11.0 Å². The van der Waals surface area contributed by atoms with Crippen LogP contribution in [0, 0.1) is 10.1 Å². The molecule has 0 amide bonds. The van der Waals surface area contributed by atoms with Crippen LogP contribution in [0.3, 0.4) is 0 Å². The molecule has 1 unspecified atom stereocenters. The van der Waals surface area contributed by atoms with E-state index in [1.807, 2.05) is 17.2 Å². The van der Waals surface area contributed by atoms with Gasteiger partial charge in [-0.05, 0) is 18.2 Å². The fraction of sp³-hybridized carbons (Fsp3) is 0.400. The number of ether oxygens (including phenoxy) is 1. The third-order valence-corrected chi connectivity index (χ3v) is 5.12. The summed E-state index contributed by atoms with van der Waals surface area (Å²) in [6, 6.07) is 6.01. The van der Waals surface area contributed by atoms with Crippen molar-refractivity contribution in [2.75, 3.05) is 30.9 Å². The SMILES string of the molecule is CS(=O)(=O)c1cc(N2CCOC(Cn3cccn3)C2)ccc1[N+](=O)[O-]. The van der Waals surface area contributed by atoms with Gasteiger partial charge in [-0.2, -0.15) is 5.10 Å². The number of anilines is 1. The Kier molecular flexibility index (Phi) is 4.73. The standard InChI is InChI=1S/C15H18N4O5S/c1-25(22,23)15-9-12(3-4-14(15)19(20)21)17-7-8-24-13(10-17)11-18-6-2-5-16-18/h2-6,9,13H,7-8,10-11H2,1H3. The summed E-state index contributed by atoms with van der Waals surface area (Å²) in [5.41, 5.74) is 0.215. The van der Waals surface area contributed by atoms with E-state index in [4.69, 9.17) is 4.74 Å². The van der Waals surface area contributed by atoms with Gasteiger partial charge in [0.05, 0.1) is 24.2 Å². The average molecular weight is 366 g/mol. The van der Waals surface area contributed by atoms with Crippen molar-refractivity contribution in [3.8, 4) is 0 Å². The molecule has 1 fully saturated rings. The smallest absolute Gasteiger partial charge is 0.288 e. The van der Waals surface area contributed by atoms with E-state index in [1.165, 1.54) is 12.1 Å². The second-order valence-corrected chi connectivity index (χ2v) is 7.83. The normalized spacial score (nSPS) is 18.3. The molecule has 25 heavy (non-hydrogen) atoms. The highest BCUT2D eigenvalue weighted by atomic mass is 32.2. The maximum atomic E-state index is 11.9. The number of sulfone groups is 1. The van der Waals surface area contributed by atoms with Crippen LogP contribution in [0.5, 0.6) is 0 Å². The number of benzene rings is 1. The van der Waals surface area contributed by atoms with Crippen LogP contribution in [-0.2, 0) is 21.1 Å². The Hall–Kier alpha value is -2.46. The van der Waals surface area contributed by atoms with Crippen molar-refractivity contribution in [3.05, 3.63) is 46.8 Å². The topological polar surface area (TPSA) is 108 Å². The molecular weight excluding hydrogens is 348 g/mol. The molecule has 9 nitrogen and oxygen atoms in total. The lowest BCUT2D eigenvalue weighted by molar-refractivity contribution is -0.387. The summed E-state index contributed by atoms with van der Waals surface area (Å²) in [5.74, 6) is 0. The molecule has 134 valence electrons. The Balaban J connectivity index is 1.84. The molecule has 10 heteroatoms. The molecule has 1 atom stereocenters. The van der Waals surface area contributed by atoms with Crippen LogP contribution < -0.4 is 4.90 Å². The van der Waals surface area contributed by atoms with Gasteiger partial charge in [-0.25, -0.2) is 8.42 Å². The highest BCUT2D eigenvalue weighted by Crippen LogP contribution is 2.29. The van der Waals surface area contributed by atoms with Gasteiger partial charge >= 0.3 is 0 Å². The van der Waals surface area contributed by atoms with Crippen LogP contribution >= 0.6 is 0 Å². The summed E-state index contributed by atoms with van der Waals surface area (Å²) < 4.78 is 31.3. The lowest BCUT2D eigenvalue weighted by atomic mass is 10.2. The van der Waals surface area contributed by atoms with Crippen molar-refractivity contribution in [2.24, 2.45) is 0 Å². The monoisotopic (exact) mass is 366 g/mol. The summed E-state index contributed by atoms with van der Waals surface area (Å²) in [6.07, 6.45) is 4.40. The number of aromatic nitrogens is 2. The van der Waals surface area contributed by atoms with Crippen LogP contribution in [-0.4, -0.2) is 55.2 Å². The zero-order chi connectivity index (χ0) is 18.0. The molecular formula is C15H18N4O5S. The molecule has 2 aromatic rings. The predicted octanol–water partition coefficient (Wildman–Crippen LogP) is 1.10. The van der Waals surface area contributed by atoms with Gasteiger partial charge in [-0.15, -0.1) is 0 Å². The zero-order valence-corrected chi connectivity index (χ0v) is 14.4. The van der Waals surface area contributed by atoms with Gasteiger partial charge in [-0.1, -0.05) is 0 Å². The highest BCUT2D eigenvalue weighted by Gasteiger charge is 2.26. The molecule has 2 heterocycles. The first-order valence-electron chi connectivity index (χ1n) is 7.67. The first-order chi connectivity index (χ1) is 11.8. The van der Waals surface area contributed by atoms with Crippen LogP contribution in [0.1, 0.15) is 0 Å².